The lowest BCUT2D eigenvalue weighted by Crippen LogP contribution is -2.29. The van der Waals surface area contributed by atoms with E-state index in [1.54, 1.807) is 18.2 Å². The second-order valence-electron chi connectivity index (χ2n) is 8.70. The van der Waals surface area contributed by atoms with Crippen molar-refractivity contribution in [2.45, 2.75) is 39.2 Å². The predicted molar refractivity (Wildman–Crippen MR) is 132 cm³/mol. The van der Waals surface area contributed by atoms with Crippen molar-refractivity contribution >= 4 is 35.2 Å². The molecule has 2 heterocycles. The Morgan fingerprint density at radius 3 is 2.62 bits per heavy atom. The summed E-state index contributed by atoms with van der Waals surface area (Å²) in [5, 5.41) is 22.9. The number of rotatable bonds is 6. The van der Waals surface area contributed by atoms with E-state index in [-0.39, 0.29) is 0 Å². The Balaban J connectivity index is 1.55. The first-order valence-electron chi connectivity index (χ1n) is 11.4. The summed E-state index contributed by atoms with van der Waals surface area (Å²) < 4.78 is 1.97. The zero-order valence-electron chi connectivity index (χ0n) is 19.0. The lowest BCUT2D eigenvalue weighted by molar-refractivity contribution is 0.100. The van der Waals surface area contributed by atoms with Gasteiger partial charge in [0.05, 0.1) is 11.2 Å². The molecule has 0 unspecified atom stereocenters. The molecule has 0 saturated heterocycles. The highest BCUT2D eigenvalue weighted by atomic mass is 16.4. The van der Waals surface area contributed by atoms with Gasteiger partial charge in [0.15, 0.2) is 0 Å². The highest BCUT2D eigenvalue weighted by Gasteiger charge is 2.21. The molecule has 0 atom stereocenters. The van der Waals surface area contributed by atoms with Crippen molar-refractivity contribution < 1.29 is 14.8 Å². The Kier molecular flexibility index (Phi) is 5.81. The zero-order chi connectivity index (χ0) is 23.8. The molecule has 0 saturated carbocycles. The molecule has 1 amide bonds. The number of hydrogen-bond donors (Lipinski definition) is 4. The van der Waals surface area contributed by atoms with Crippen LogP contribution >= 0.6 is 0 Å². The topological polar surface area (TPSA) is 126 Å². The molecular weight excluding hydrogens is 429 g/mol. The number of nitrogens with two attached hydrogens (primary N) is 1. The summed E-state index contributed by atoms with van der Waals surface area (Å²) in [6.45, 7) is 2.51. The van der Waals surface area contributed by atoms with Crippen molar-refractivity contribution in [3.8, 4) is 5.95 Å². The number of aryl methyl sites for hydroxylation is 2. The van der Waals surface area contributed by atoms with E-state index in [0.29, 0.717) is 23.5 Å². The summed E-state index contributed by atoms with van der Waals surface area (Å²) in [6, 6.07) is 14.6. The maximum absolute atomic E-state index is 11.9. The van der Waals surface area contributed by atoms with Gasteiger partial charge < -0.3 is 21.1 Å². The smallest absolute Gasteiger partial charge is 0.423 e. The van der Waals surface area contributed by atoms with E-state index in [2.05, 4.69) is 5.32 Å². The van der Waals surface area contributed by atoms with Crippen LogP contribution in [0.1, 0.15) is 45.7 Å². The minimum Gasteiger partial charge on any atom is -0.423 e. The number of benzene rings is 2. The molecule has 2 aromatic carbocycles. The Labute approximate surface area is 197 Å². The maximum atomic E-state index is 11.9. The van der Waals surface area contributed by atoms with E-state index in [1.807, 2.05) is 41.8 Å². The van der Waals surface area contributed by atoms with Crippen LogP contribution in [0.4, 0.5) is 5.82 Å². The minimum absolute atomic E-state index is 0.454. The molecule has 172 valence electrons. The van der Waals surface area contributed by atoms with Crippen molar-refractivity contribution in [1.82, 2.24) is 14.5 Å². The van der Waals surface area contributed by atoms with Crippen LogP contribution in [-0.2, 0) is 19.4 Å². The van der Waals surface area contributed by atoms with Crippen LogP contribution in [0.3, 0.4) is 0 Å². The van der Waals surface area contributed by atoms with E-state index in [4.69, 9.17) is 15.7 Å². The summed E-state index contributed by atoms with van der Waals surface area (Å²) in [7, 11) is -1.48. The van der Waals surface area contributed by atoms with Gasteiger partial charge in [-0.05, 0) is 61.8 Å². The van der Waals surface area contributed by atoms with Crippen LogP contribution < -0.4 is 16.5 Å². The predicted octanol–water partition coefficient (Wildman–Crippen LogP) is 2.00. The highest BCUT2D eigenvalue weighted by Crippen LogP contribution is 2.30. The van der Waals surface area contributed by atoms with Gasteiger partial charge in [-0.1, -0.05) is 30.3 Å². The van der Waals surface area contributed by atoms with Crippen molar-refractivity contribution in [3.05, 3.63) is 76.6 Å². The number of aromatic nitrogens is 3. The Morgan fingerprint density at radius 1 is 1.12 bits per heavy atom. The molecule has 4 aromatic rings. The third kappa shape index (κ3) is 4.04. The Hall–Kier alpha value is -3.69. The van der Waals surface area contributed by atoms with E-state index in [9.17, 15) is 14.8 Å². The van der Waals surface area contributed by atoms with Crippen LogP contribution in [0.15, 0.2) is 48.5 Å². The molecule has 2 aromatic heterocycles. The van der Waals surface area contributed by atoms with Gasteiger partial charge >= 0.3 is 7.12 Å². The number of anilines is 1. The molecule has 34 heavy (non-hydrogen) atoms. The quantitative estimate of drug-likeness (QED) is 0.330. The van der Waals surface area contributed by atoms with Gasteiger partial charge in [-0.25, -0.2) is 4.98 Å². The summed E-state index contributed by atoms with van der Waals surface area (Å²) in [4.78, 5) is 21.8. The van der Waals surface area contributed by atoms with Crippen molar-refractivity contribution in [2.24, 2.45) is 5.73 Å². The standard InChI is InChI=1S/C25H26BN5O3/c1-15-13-20-18(23(27)32)6-4-8-22(20)31(15)25-29-21-7-3-2-5-19(21)24(30-25)28-14-16-9-11-17(12-10-16)26(33)34/h4,6,8-13,33-34H,2-3,5,7,14H2,1H3,(H2,27,32)(H,28,29,30). The molecule has 1 aliphatic carbocycles. The lowest BCUT2D eigenvalue weighted by atomic mass is 9.80. The third-order valence-corrected chi connectivity index (χ3v) is 6.40. The largest absolute Gasteiger partial charge is 0.488 e. The molecule has 0 bridgehead atoms. The molecule has 0 spiro atoms. The molecule has 0 fully saturated rings. The zero-order valence-corrected chi connectivity index (χ0v) is 19.0. The fraction of sp³-hybridized carbons (Fsp3) is 0.240. The van der Waals surface area contributed by atoms with E-state index in [1.165, 1.54) is 0 Å². The van der Waals surface area contributed by atoms with Gasteiger partial charge in [0.1, 0.15) is 5.82 Å². The van der Waals surface area contributed by atoms with Gasteiger partial charge in [-0.3, -0.25) is 9.36 Å². The maximum Gasteiger partial charge on any atom is 0.488 e. The number of amides is 1. The fourth-order valence-electron chi connectivity index (χ4n) is 4.66. The van der Waals surface area contributed by atoms with E-state index >= 15 is 0 Å². The molecule has 5 N–H and O–H groups in total. The van der Waals surface area contributed by atoms with Crippen molar-refractivity contribution in [2.75, 3.05) is 5.32 Å². The van der Waals surface area contributed by atoms with Crippen molar-refractivity contribution in [3.63, 3.8) is 0 Å². The summed E-state index contributed by atoms with van der Waals surface area (Å²) in [6.07, 6.45) is 4.00. The van der Waals surface area contributed by atoms with Crippen LogP contribution in [0.2, 0.25) is 0 Å². The number of carbonyl (C=O) groups is 1. The first-order chi connectivity index (χ1) is 16.4. The monoisotopic (exact) mass is 455 g/mol. The van der Waals surface area contributed by atoms with Gasteiger partial charge in [0.25, 0.3) is 0 Å². The molecule has 0 radical (unpaired) electrons. The Morgan fingerprint density at radius 2 is 1.88 bits per heavy atom. The van der Waals surface area contributed by atoms with E-state index < -0.39 is 13.0 Å². The normalized spacial score (nSPS) is 13.0. The second-order valence-corrected chi connectivity index (χ2v) is 8.70. The van der Waals surface area contributed by atoms with Crippen LogP contribution in [-0.4, -0.2) is 37.6 Å². The molecular formula is C25H26BN5O3. The lowest BCUT2D eigenvalue weighted by Gasteiger charge is -2.21. The third-order valence-electron chi connectivity index (χ3n) is 6.40. The van der Waals surface area contributed by atoms with Gasteiger partial charge in [0.2, 0.25) is 11.9 Å². The number of hydrogen-bond acceptors (Lipinski definition) is 6. The first kappa shape index (κ1) is 22.1. The first-order valence-corrected chi connectivity index (χ1v) is 11.4. The van der Waals surface area contributed by atoms with Crippen LogP contribution in [0.5, 0.6) is 0 Å². The highest BCUT2D eigenvalue weighted by molar-refractivity contribution is 6.58. The minimum atomic E-state index is -1.48. The number of nitrogens with one attached hydrogen (secondary N) is 1. The van der Waals surface area contributed by atoms with Crippen LogP contribution in [0, 0.1) is 6.92 Å². The average Bonchev–Trinajstić information content (AvgIpc) is 3.18. The van der Waals surface area contributed by atoms with Gasteiger partial charge in [0, 0.05) is 28.8 Å². The molecule has 1 aliphatic rings. The summed E-state index contributed by atoms with van der Waals surface area (Å²) in [5.41, 5.74) is 11.5. The number of nitrogens with zero attached hydrogens (tertiary/aromatic N) is 3. The number of fused-ring (bicyclic) bond motifs is 2. The number of carbonyl (C=O) groups excluding carboxylic acids is 1. The average molecular weight is 455 g/mol. The number of primary amides is 1. The summed E-state index contributed by atoms with van der Waals surface area (Å²) in [5.74, 6) is 0.908. The molecule has 9 heteroatoms. The van der Waals surface area contributed by atoms with Gasteiger partial charge in [-0.2, -0.15) is 4.98 Å². The SMILES string of the molecule is Cc1cc2c(C(N)=O)cccc2n1-c1nc2c(c(NCc3ccc(B(O)O)cc3)n1)CCCC2. The second kappa shape index (κ2) is 8.93. The molecule has 8 nitrogen and oxygen atoms in total. The Bertz CT molecular complexity index is 1380. The van der Waals surface area contributed by atoms with Crippen molar-refractivity contribution in [1.29, 1.82) is 0 Å². The van der Waals surface area contributed by atoms with Crippen LogP contribution in [0.25, 0.3) is 16.9 Å². The summed E-state index contributed by atoms with van der Waals surface area (Å²) >= 11 is 0. The fourth-order valence-corrected chi connectivity index (χ4v) is 4.66. The van der Waals surface area contributed by atoms with Gasteiger partial charge in [-0.15, -0.1) is 0 Å². The van der Waals surface area contributed by atoms with E-state index in [0.717, 1.165) is 64.9 Å². The molecule has 0 aliphatic heterocycles. The molecule has 5 rings (SSSR count).